The van der Waals surface area contributed by atoms with Crippen LogP contribution in [0.3, 0.4) is 0 Å². The van der Waals surface area contributed by atoms with Crippen molar-refractivity contribution in [3.63, 3.8) is 0 Å². The molecule has 0 aliphatic heterocycles. The summed E-state index contributed by atoms with van der Waals surface area (Å²) in [4.78, 5) is 29.6. The Labute approximate surface area is 265 Å². The van der Waals surface area contributed by atoms with Crippen molar-refractivity contribution in [2.45, 2.75) is 57.5 Å². The summed E-state index contributed by atoms with van der Waals surface area (Å²) in [6.45, 7) is 5.30. The van der Waals surface area contributed by atoms with Gasteiger partial charge in [-0.25, -0.2) is 12.8 Å². The molecule has 0 saturated heterocycles. The van der Waals surface area contributed by atoms with Gasteiger partial charge in [0.1, 0.15) is 18.4 Å². The monoisotopic (exact) mass is 629 g/mol. The molecule has 4 aromatic rings. The summed E-state index contributed by atoms with van der Waals surface area (Å²) >= 11 is 0. The SMILES string of the molecule is CCCCNC(=O)[C@H](Cc1ccccc1)N(Cc1ccccc1F)C(=O)CN(c1ccc(C)cc1C)S(=O)(=O)c1ccccc1. The van der Waals surface area contributed by atoms with E-state index in [9.17, 15) is 18.0 Å². The van der Waals surface area contributed by atoms with Crippen LogP contribution in [0.2, 0.25) is 0 Å². The number of nitrogens with one attached hydrogen (secondary N) is 1. The molecular weight excluding hydrogens is 589 g/mol. The average molecular weight is 630 g/mol. The van der Waals surface area contributed by atoms with Crippen molar-refractivity contribution in [1.29, 1.82) is 0 Å². The second-order valence-electron chi connectivity index (χ2n) is 11.1. The van der Waals surface area contributed by atoms with Gasteiger partial charge in [-0.1, -0.05) is 97.8 Å². The summed E-state index contributed by atoms with van der Waals surface area (Å²) in [6.07, 6.45) is 1.78. The molecule has 1 atom stereocenters. The van der Waals surface area contributed by atoms with Gasteiger partial charge in [0.25, 0.3) is 10.0 Å². The van der Waals surface area contributed by atoms with Crippen LogP contribution in [-0.2, 0) is 32.6 Å². The number of hydrogen-bond acceptors (Lipinski definition) is 4. The highest BCUT2D eigenvalue weighted by Crippen LogP contribution is 2.28. The normalized spacial score (nSPS) is 11.9. The maximum absolute atomic E-state index is 15.0. The molecule has 7 nitrogen and oxygen atoms in total. The number of aryl methyl sites for hydroxylation is 2. The van der Waals surface area contributed by atoms with E-state index in [4.69, 9.17) is 0 Å². The Hall–Kier alpha value is -4.50. The molecule has 4 rings (SSSR count). The Kier molecular flexibility index (Phi) is 11.5. The standard InChI is InChI=1S/C36H40FN3O4S/c1-4-5-22-38-36(42)34(24-29-14-8-6-9-15-29)39(25-30-16-12-13-19-32(30)37)35(41)26-40(33-21-20-27(2)23-28(33)3)45(43,44)31-17-10-7-11-18-31/h6-21,23,34H,4-5,22,24-26H2,1-3H3,(H,38,42)/t34-/m0/s1. The number of halogens is 1. The van der Waals surface area contributed by atoms with E-state index in [0.29, 0.717) is 17.8 Å². The molecule has 0 unspecified atom stereocenters. The lowest BCUT2D eigenvalue weighted by Crippen LogP contribution is -2.53. The summed E-state index contributed by atoms with van der Waals surface area (Å²) in [7, 11) is -4.21. The number of carbonyl (C=O) groups is 2. The van der Waals surface area contributed by atoms with Crippen LogP contribution in [0.15, 0.2) is 108 Å². The molecule has 45 heavy (non-hydrogen) atoms. The summed E-state index contributed by atoms with van der Waals surface area (Å²) in [5.41, 5.74) is 2.97. The van der Waals surface area contributed by atoms with Crippen molar-refractivity contribution in [1.82, 2.24) is 10.2 Å². The summed E-state index contributed by atoms with van der Waals surface area (Å²) < 4.78 is 44.4. The number of benzene rings is 4. The number of unbranched alkanes of at least 4 members (excludes halogenated alkanes) is 1. The van der Waals surface area contributed by atoms with E-state index in [2.05, 4.69) is 5.32 Å². The minimum absolute atomic E-state index is 0.0246. The molecule has 2 amide bonds. The quantitative estimate of drug-likeness (QED) is 0.169. The molecule has 236 valence electrons. The van der Waals surface area contributed by atoms with Crippen LogP contribution in [-0.4, -0.2) is 44.3 Å². The van der Waals surface area contributed by atoms with Crippen molar-refractivity contribution in [3.05, 3.63) is 131 Å². The first-order chi connectivity index (χ1) is 21.6. The van der Waals surface area contributed by atoms with Gasteiger partial charge in [-0.05, 0) is 55.7 Å². The molecule has 0 saturated carbocycles. The van der Waals surface area contributed by atoms with Crippen LogP contribution in [0.5, 0.6) is 0 Å². The zero-order chi connectivity index (χ0) is 32.4. The van der Waals surface area contributed by atoms with E-state index in [0.717, 1.165) is 28.3 Å². The molecular formula is C36H40FN3O4S. The minimum atomic E-state index is -4.21. The Morgan fingerprint density at radius 1 is 0.867 bits per heavy atom. The molecule has 0 aliphatic carbocycles. The summed E-state index contributed by atoms with van der Waals surface area (Å²) in [6, 6.07) is 27.6. The van der Waals surface area contributed by atoms with E-state index in [1.807, 2.05) is 50.2 Å². The van der Waals surface area contributed by atoms with Crippen LogP contribution in [0.25, 0.3) is 0 Å². The van der Waals surface area contributed by atoms with Crippen molar-refractivity contribution in [3.8, 4) is 0 Å². The van der Waals surface area contributed by atoms with Crippen molar-refractivity contribution in [2.75, 3.05) is 17.4 Å². The molecule has 0 spiro atoms. The van der Waals surface area contributed by atoms with Gasteiger partial charge in [-0.15, -0.1) is 0 Å². The number of nitrogens with zero attached hydrogens (tertiary/aromatic N) is 2. The van der Waals surface area contributed by atoms with Crippen molar-refractivity contribution >= 4 is 27.5 Å². The Balaban J connectivity index is 1.81. The Morgan fingerprint density at radius 2 is 1.51 bits per heavy atom. The van der Waals surface area contributed by atoms with Crippen LogP contribution in [0.1, 0.15) is 42.0 Å². The third-order valence-corrected chi connectivity index (χ3v) is 9.40. The summed E-state index contributed by atoms with van der Waals surface area (Å²) in [5.74, 6) is -1.55. The van der Waals surface area contributed by atoms with E-state index >= 15 is 4.39 Å². The first-order valence-corrected chi connectivity index (χ1v) is 16.6. The van der Waals surface area contributed by atoms with Crippen molar-refractivity contribution in [2.24, 2.45) is 0 Å². The van der Waals surface area contributed by atoms with E-state index < -0.39 is 34.3 Å². The van der Waals surface area contributed by atoms with Gasteiger partial charge in [0.2, 0.25) is 11.8 Å². The van der Waals surface area contributed by atoms with Crippen molar-refractivity contribution < 1.29 is 22.4 Å². The fraction of sp³-hybridized carbons (Fsp3) is 0.278. The molecule has 0 aromatic heterocycles. The van der Waals surface area contributed by atoms with Gasteiger partial charge in [0.05, 0.1) is 10.6 Å². The Morgan fingerprint density at radius 3 is 2.16 bits per heavy atom. The fourth-order valence-electron chi connectivity index (χ4n) is 5.19. The van der Waals surface area contributed by atoms with Gasteiger partial charge in [-0.2, -0.15) is 0 Å². The largest absolute Gasteiger partial charge is 0.354 e. The average Bonchev–Trinajstić information content (AvgIpc) is 3.03. The molecule has 4 aromatic carbocycles. The molecule has 0 heterocycles. The lowest BCUT2D eigenvalue weighted by molar-refractivity contribution is -0.140. The summed E-state index contributed by atoms with van der Waals surface area (Å²) in [5, 5.41) is 2.94. The molecule has 0 aliphatic rings. The highest BCUT2D eigenvalue weighted by Gasteiger charge is 2.35. The Bertz CT molecular complexity index is 1700. The van der Waals surface area contributed by atoms with E-state index in [1.54, 1.807) is 55.5 Å². The van der Waals surface area contributed by atoms with Gasteiger partial charge in [-0.3, -0.25) is 13.9 Å². The number of rotatable bonds is 14. The number of hydrogen-bond donors (Lipinski definition) is 1. The van der Waals surface area contributed by atoms with E-state index in [-0.39, 0.29) is 29.3 Å². The van der Waals surface area contributed by atoms with Gasteiger partial charge in [0, 0.05) is 25.1 Å². The van der Waals surface area contributed by atoms with Crippen LogP contribution >= 0.6 is 0 Å². The van der Waals surface area contributed by atoms with E-state index in [1.165, 1.54) is 23.1 Å². The predicted octanol–water partition coefficient (Wildman–Crippen LogP) is 6.19. The third-order valence-electron chi connectivity index (χ3n) is 7.63. The van der Waals surface area contributed by atoms with Crippen LogP contribution < -0.4 is 9.62 Å². The highest BCUT2D eigenvalue weighted by atomic mass is 32.2. The smallest absolute Gasteiger partial charge is 0.264 e. The molecule has 1 N–H and O–H groups in total. The number of amides is 2. The van der Waals surface area contributed by atoms with Gasteiger partial charge >= 0.3 is 0 Å². The molecule has 0 radical (unpaired) electrons. The zero-order valence-corrected chi connectivity index (χ0v) is 26.8. The molecule has 9 heteroatoms. The number of sulfonamides is 1. The number of carbonyl (C=O) groups excluding carboxylic acids is 2. The minimum Gasteiger partial charge on any atom is -0.354 e. The van der Waals surface area contributed by atoms with Gasteiger partial charge in [0.15, 0.2) is 0 Å². The van der Waals surface area contributed by atoms with Gasteiger partial charge < -0.3 is 10.2 Å². The second-order valence-corrected chi connectivity index (χ2v) is 12.9. The highest BCUT2D eigenvalue weighted by molar-refractivity contribution is 7.92. The second kappa shape index (κ2) is 15.5. The molecule has 0 fully saturated rings. The maximum Gasteiger partial charge on any atom is 0.264 e. The van der Waals surface area contributed by atoms with Crippen LogP contribution in [0.4, 0.5) is 10.1 Å². The zero-order valence-electron chi connectivity index (χ0n) is 25.9. The lowest BCUT2D eigenvalue weighted by Gasteiger charge is -2.34. The molecule has 0 bridgehead atoms. The topological polar surface area (TPSA) is 86.8 Å². The third kappa shape index (κ3) is 8.57. The number of anilines is 1. The lowest BCUT2D eigenvalue weighted by atomic mass is 10.0. The fourth-order valence-corrected chi connectivity index (χ4v) is 6.69. The first-order valence-electron chi connectivity index (χ1n) is 15.1. The van der Waals surface area contributed by atoms with Crippen LogP contribution in [0, 0.1) is 19.7 Å². The maximum atomic E-state index is 15.0. The predicted molar refractivity (Wildman–Crippen MR) is 176 cm³/mol. The first kappa shape index (κ1) is 33.4.